The molecule has 0 spiro atoms. The van der Waals surface area contributed by atoms with E-state index < -0.39 is 0 Å². The first-order valence-corrected chi connectivity index (χ1v) is 19.8. The van der Waals surface area contributed by atoms with Crippen molar-refractivity contribution in [1.29, 1.82) is 0 Å². The number of amidine groups is 1. The van der Waals surface area contributed by atoms with Crippen LogP contribution in [0.3, 0.4) is 0 Å². The maximum absolute atomic E-state index is 5.59. The Kier molecular flexibility index (Phi) is 7.68. The fourth-order valence-electron chi connectivity index (χ4n) is 9.12. The summed E-state index contributed by atoms with van der Waals surface area (Å²) >= 11 is 0. The molecule has 0 fully saturated rings. The highest BCUT2D eigenvalue weighted by Gasteiger charge is 2.40. The predicted molar refractivity (Wildman–Crippen MR) is 230 cm³/mol. The number of hydrogen-bond acceptors (Lipinski definition) is 5. The highest BCUT2D eigenvalue weighted by atomic mass is 15.1. The number of fused-ring (bicyclic) bond motifs is 18. The van der Waals surface area contributed by atoms with Crippen LogP contribution in [0.2, 0.25) is 0 Å². The van der Waals surface area contributed by atoms with Gasteiger partial charge in [0.05, 0.1) is 5.92 Å². The summed E-state index contributed by atoms with van der Waals surface area (Å²) in [6.45, 7) is 28.2. The molecule has 6 aromatic rings. The highest BCUT2D eigenvalue weighted by molar-refractivity contribution is 6.00. The number of nitrogens with one attached hydrogen (secondary N) is 3. The molecule has 284 valence electrons. The van der Waals surface area contributed by atoms with Gasteiger partial charge in [0.15, 0.2) is 5.82 Å². The van der Waals surface area contributed by atoms with Gasteiger partial charge in [-0.15, -0.1) is 0 Å². The molecule has 5 heterocycles. The zero-order chi connectivity index (χ0) is 39.7. The van der Waals surface area contributed by atoms with E-state index in [1.165, 1.54) is 22.3 Å². The topological polar surface area (TPSA) is 109 Å². The summed E-state index contributed by atoms with van der Waals surface area (Å²) in [7, 11) is 0. The van der Waals surface area contributed by atoms with Gasteiger partial charge in [-0.05, 0) is 43.9 Å². The Morgan fingerprint density at radius 1 is 0.446 bits per heavy atom. The molecule has 3 aromatic carbocycles. The van der Waals surface area contributed by atoms with Crippen LogP contribution in [0.25, 0.3) is 32.3 Å². The second-order valence-electron chi connectivity index (χ2n) is 19.7. The summed E-state index contributed by atoms with van der Waals surface area (Å²) in [5, 5.41) is 6.15. The second-order valence-corrected chi connectivity index (χ2v) is 19.7. The van der Waals surface area contributed by atoms with Crippen molar-refractivity contribution in [2.75, 3.05) is 0 Å². The summed E-state index contributed by atoms with van der Waals surface area (Å²) in [5.41, 5.74) is 8.50. The van der Waals surface area contributed by atoms with Gasteiger partial charge in [0.1, 0.15) is 39.4 Å². The lowest BCUT2D eigenvalue weighted by Gasteiger charge is -2.41. The van der Waals surface area contributed by atoms with Crippen molar-refractivity contribution in [3.63, 3.8) is 0 Å². The summed E-state index contributed by atoms with van der Waals surface area (Å²) in [4.78, 5) is 38.0. The molecule has 0 saturated carbocycles. The minimum Gasteiger partial charge on any atom is -0.324 e. The van der Waals surface area contributed by atoms with Crippen molar-refractivity contribution in [3.05, 3.63) is 128 Å². The Morgan fingerprint density at radius 3 is 1.41 bits per heavy atom. The smallest absolute Gasteiger partial charge is 0.160 e. The van der Waals surface area contributed by atoms with Gasteiger partial charge in [-0.3, -0.25) is 0 Å². The number of hydrogen-bond donors (Lipinski definition) is 3. The fraction of sp³-hybridized carbons (Fsp3) is 0.354. The van der Waals surface area contributed by atoms with Crippen LogP contribution in [0.1, 0.15) is 105 Å². The van der Waals surface area contributed by atoms with Crippen molar-refractivity contribution in [2.45, 2.75) is 105 Å². The van der Waals surface area contributed by atoms with Gasteiger partial charge < -0.3 is 15.0 Å². The number of allylic oxidation sites excluding steroid dienone is 3. The molecule has 8 bridgehead atoms. The number of aromatic nitrogens is 3. The fourth-order valence-corrected chi connectivity index (χ4v) is 9.12. The van der Waals surface area contributed by atoms with E-state index in [1.807, 2.05) is 12.1 Å². The maximum atomic E-state index is 5.59. The minimum absolute atomic E-state index is 0.137. The van der Waals surface area contributed by atoms with Crippen LogP contribution in [0.15, 0.2) is 109 Å². The van der Waals surface area contributed by atoms with Crippen molar-refractivity contribution >= 4 is 49.8 Å². The molecule has 3 aromatic heterocycles. The van der Waals surface area contributed by atoms with E-state index in [0.717, 1.165) is 71.5 Å². The molecule has 8 heteroatoms. The number of benzene rings is 3. The number of nitrogens with zero attached hydrogens (tertiary/aromatic N) is 5. The third-order valence-electron chi connectivity index (χ3n) is 11.2. The summed E-state index contributed by atoms with van der Waals surface area (Å²) < 4.78 is 0. The zero-order valence-electron chi connectivity index (χ0n) is 34.7. The van der Waals surface area contributed by atoms with Gasteiger partial charge in [-0.2, -0.15) is 0 Å². The molecule has 0 saturated heterocycles. The molecule has 8 nitrogen and oxygen atoms in total. The van der Waals surface area contributed by atoms with Crippen LogP contribution in [0.5, 0.6) is 0 Å². The average molecular weight is 741 g/mol. The Balaban J connectivity index is 1.58. The Morgan fingerprint density at radius 2 is 0.893 bits per heavy atom. The molecule has 1 atom stereocenters. The van der Waals surface area contributed by atoms with Crippen molar-refractivity contribution in [3.8, 4) is 0 Å². The number of aromatic amines is 3. The molecule has 3 N–H and O–H groups in total. The maximum Gasteiger partial charge on any atom is 0.160 e. The van der Waals surface area contributed by atoms with Crippen LogP contribution >= 0.6 is 0 Å². The van der Waals surface area contributed by atoms with Crippen molar-refractivity contribution in [2.24, 2.45) is 30.9 Å². The molecular weight excluding hydrogens is 689 g/mol. The van der Waals surface area contributed by atoms with Crippen molar-refractivity contribution in [1.82, 2.24) is 15.0 Å². The number of rotatable bonds is 0. The van der Waals surface area contributed by atoms with Crippen LogP contribution < -0.4 is 22.0 Å². The van der Waals surface area contributed by atoms with Crippen LogP contribution in [-0.2, 0) is 21.7 Å². The number of aliphatic imine (C=N–C) groups is 1. The summed E-state index contributed by atoms with van der Waals surface area (Å²) in [5.74, 6) is 2.67. The summed E-state index contributed by atoms with van der Waals surface area (Å²) in [6.07, 6.45) is 8.43. The van der Waals surface area contributed by atoms with E-state index in [9.17, 15) is 0 Å². The molecule has 3 aliphatic rings. The average Bonchev–Trinajstić information content (AvgIpc) is 3.84. The largest absolute Gasteiger partial charge is 0.324 e. The Bertz CT molecular complexity index is 3050. The van der Waals surface area contributed by atoms with Gasteiger partial charge in [-0.25, -0.2) is 25.0 Å². The van der Waals surface area contributed by atoms with Crippen LogP contribution in [0, 0.1) is 5.92 Å². The lowest BCUT2D eigenvalue weighted by atomic mass is 9.63. The molecule has 0 amide bonds. The first kappa shape index (κ1) is 36.0. The molecular formula is C48H52N8. The Labute approximate surface area is 327 Å². The molecule has 56 heavy (non-hydrogen) atoms. The first-order chi connectivity index (χ1) is 26.3. The molecule has 1 unspecified atom stereocenters. The first-order valence-electron chi connectivity index (χ1n) is 19.8. The quantitative estimate of drug-likeness (QED) is 0.138. The van der Waals surface area contributed by atoms with E-state index in [0.29, 0.717) is 11.7 Å². The van der Waals surface area contributed by atoms with Crippen LogP contribution in [-0.4, -0.2) is 20.8 Å². The minimum atomic E-state index is -0.246. The van der Waals surface area contributed by atoms with E-state index in [4.69, 9.17) is 25.0 Å². The molecule has 2 aliphatic heterocycles. The SMILES string of the molecule is CC(C)(C)c1c(C(C)(C)C)c(C(C)(C)C)c2c3[nH]c(c2c1C(C)(C)C)=NC1=C2C=CC=CC2C(=N1)N=c1[nH]/c(c2ccccc12)=N\c1[nH]c(c2ccccc12)N=3. The lowest BCUT2D eigenvalue weighted by molar-refractivity contribution is 0.482. The van der Waals surface area contributed by atoms with E-state index in [-0.39, 0.29) is 27.6 Å². The second kappa shape index (κ2) is 11.9. The van der Waals surface area contributed by atoms with E-state index in [1.54, 1.807) is 0 Å². The lowest BCUT2D eigenvalue weighted by Crippen LogP contribution is -2.33. The van der Waals surface area contributed by atoms with Gasteiger partial charge in [0.2, 0.25) is 0 Å². The van der Waals surface area contributed by atoms with Crippen molar-refractivity contribution < 1.29 is 0 Å². The monoisotopic (exact) mass is 740 g/mol. The van der Waals surface area contributed by atoms with Gasteiger partial charge in [-0.1, -0.05) is 156 Å². The third-order valence-corrected chi connectivity index (χ3v) is 11.2. The van der Waals surface area contributed by atoms with Crippen LogP contribution in [0.4, 0.5) is 11.6 Å². The van der Waals surface area contributed by atoms with Gasteiger partial charge in [0.25, 0.3) is 0 Å². The molecule has 9 rings (SSSR count). The van der Waals surface area contributed by atoms with Gasteiger partial charge >= 0.3 is 0 Å². The van der Waals surface area contributed by atoms with Gasteiger partial charge in [0, 0.05) is 37.9 Å². The summed E-state index contributed by atoms with van der Waals surface area (Å²) in [6, 6.07) is 16.6. The molecule has 1 aliphatic carbocycles. The number of H-pyrrole nitrogens is 3. The molecule has 0 radical (unpaired) electrons. The standard InChI is InChI=1S/C48H52N8/c1-45(2,3)33-31-32(34(46(4,5)6)36(48(10,11)12)35(33)47(7,8)9)44-55-42-30-24-18-16-22-28(30)40(53-42)51-38-26-20-14-13-19-25(26)37(49-38)50-39-27-21-15-17-23-29(27)41(52-39)54-43(31)56-44/h13-24,27,53H,1-12H3,(H,54,55,56)(H,49,50,51,52). The Hall–Kier alpha value is -5.63. The van der Waals surface area contributed by atoms with E-state index in [2.05, 4.69) is 159 Å². The normalized spacial score (nSPS) is 17.8. The van der Waals surface area contributed by atoms with E-state index >= 15 is 0 Å². The third kappa shape index (κ3) is 5.59. The zero-order valence-corrected chi connectivity index (χ0v) is 34.7. The highest BCUT2D eigenvalue weighted by Crippen LogP contribution is 2.49. The predicted octanol–water partition coefficient (Wildman–Crippen LogP) is 9.84.